The first kappa shape index (κ1) is 25.0. The molecule has 0 amide bonds. The van der Waals surface area contributed by atoms with Crippen LogP contribution in [0, 0.1) is 11.3 Å². The summed E-state index contributed by atoms with van der Waals surface area (Å²) in [5.41, 5.74) is 3.35. The van der Waals surface area contributed by atoms with Crippen molar-refractivity contribution in [3.63, 3.8) is 0 Å². The van der Waals surface area contributed by atoms with Crippen molar-refractivity contribution in [2.24, 2.45) is 0 Å². The molecule has 0 radical (unpaired) electrons. The fraction of sp³-hybridized carbons (Fsp3) is 0.269. The summed E-state index contributed by atoms with van der Waals surface area (Å²) >= 11 is 1.40. The second-order valence-electron chi connectivity index (χ2n) is 7.32. The molecule has 0 aliphatic heterocycles. The zero-order chi connectivity index (χ0) is 24.3. The first-order valence-corrected chi connectivity index (χ1v) is 11.9. The highest BCUT2D eigenvalue weighted by Gasteiger charge is 2.11. The van der Waals surface area contributed by atoms with Crippen LogP contribution in [0.3, 0.4) is 0 Å². The predicted octanol–water partition coefficient (Wildman–Crippen LogP) is 5.29. The molecule has 0 spiro atoms. The predicted molar refractivity (Wildman–Crippen MR) is 136 cm³/mol. The van der Waals surface area contributed by atoms with E-state index in [9.17, 15) is 10.1 Å². The normalized spacial score (nSPS) is 11.2. The molecule has 34 heavy (non-hydrogen) atoms. The van der Waals surface area contributed by atoms with E-state index >= 15 is 0 Å². The van der Waals surface area contributed by atoms with Crippen LogP contribution in [0.1, 0.15) is 29.2 Å². The SMILES string of the molecule is CCN(CC)CCOC(=O)c1ccc(NC=C(C#N)c2nc(-c3cccc(OC)c3)cs2)cc1. The van der Waals surface area contributed by atoms with Crippen molar-refractivity contribution < 1.29 is 14.3 Å². The van der Waals surface area contributed by atoms with Gasteiger partial charge in [0.1, 0.15) is 29.0 Å². The Kier molecular flexibility index (Phi) is 9.21. The fourth-order valence-electron chi connectivity index (χ4n) is 3.20. The molecule has 2 aromatic carbocycles. The molecule has 0 aliphatic rings. The van der Waals surface area contributed by atoms with Crippen molar-refractivity contribution in [1.82, 2.24) is 9.88 Å². The van der Waals surface area contributed by atoms with Gasteiger partial charge in [0.05, 0.1) is 18.4 Å². The maximum Gasteiger partial charge on any atom is 0.338 e. The number of esters is 1. The summed E-state index contributed by atoms with van der Waals surface area (Å²) < 4.78 is 10.6. The van der Waals surface area contributed by atoms with Gasteiger partial charge in [-0.15, -0.1) is 11.3 Å². The third kappa shape index (κ3) is 6.67. The average Bonchev–Trinajstić information content (AvgIpc) is 3.37. The number of methoxy groups -OCH3 is 1. The minimum atomic E-state index is -0.347. The van der Waals surface area contributed by atoms with Crippen molar-refractivity contribution in [2.75, 3.05) is 38.7 Å². The molecule has 0 aliphatic carbocycles. The number of rotatable bonds is 11. The summed E-state index contributed by atoms with van der Waals surface area (Å²) in [7, 11) is 1.62. The molecule has 3 aromatic rings. The van der Waals surface area contributed by atoms with Gasteiger partial charge in [-0.3, -0.25) is 0 Å². The number of nitriles is 1. The second kappa shape index (κ2) is 12.5. The Labute approximate surface area is 204 Å². The van der Waals surface area contributed by atoms with E-state index in [0.29, 0.717) is 22.8 Å². The van der Waals surface area contributed by atoms with Crippen molar-refractivity contribution in [3.8, 4) is 23.1 Å². The first-order chi connectivity index (χ1) is 16.6. The van der Waals surface area contributed by atoms with Crippen LogP contribution in [-0.2, 0) is 4.74 Å². The van der Waals surface area contributed by atoms with Crippen molar-refractivity contribution in [1.29, 1.82) is 5.26 Å². The van der Waals surface area contributed by atoms with E-state index in [4.69, 9.17) is 9.47 Å². The van der Waals surface area contributed by atoms with Crippen LogP contribution >= 0.6 is 11.3 Å². The molecule has 8 heteroatoms. The van der Waals surface area contributed by atoms with Crippen LogP contribution < -0.4 is 10.1 Å². The molecular weight excluding hydrogens is 448 g/mol. The van der Waals surface area contributed by atoms with Crippen LogP contribution in [0.25, 0.3) is 16.8 Å². The molecule has 176 valence electrons. The maximum atomic E-state index is 12.2. The van der Waals surface area contributed by atoms with Crippen molar-refractivity contribution in [3.05, 3.63) is 70.7 Å². The summed E-state index contributed by atoms with van der Waals surface area (Å²) in [6.45, 7) is 7.09. The lowest BCUT2D eigenvalue weighted by atomic mass is 10.1. The smallest absolute Gasteiger partial charge is 0.338 e. The molecule has 0 unspecified atom stereocenters. The molecule has 0 atom stereocenters. The number of benzene rings is 2. The van der Waals surface area contributed by atoms with E-state index in [1.165, 1.54) is 11.3 Å². The van der Waals surface area contributed by atoms with E-state index in [1.807, 2.05) is 29.6 Å². The largest absolute Gasteiger partial charge is 0.497 e. The van der Waals surface area contributed by atoms with E-state index in [1.54, 1.807) is 37.6 Å². The Morgan fingerprint density at radius 1 is 1.21 bits per heavy atom. The number of hydrogen-bond donors (Lipinski definition) is 1. The number of ether oxygens (including phenoxy) is 2. The lowest BCUT2D eigenvalue weighted by Crippen LogP contribution is -2.27. The zero-order valence-electron chi connectivity index (χ0n) is 19.6. The molecule has 0 saturated heterocycles. The molecule has 7 nitrogen and oxygen atoms in total. The molecule has 1 N–H and O–H groups in total. The number of thiazole rings is 1. The van der Waals surface area contributed by atoms with Gasteiger partial charge < -0.3 is 19.7 Å². The van der Waals surface area contributed by atoms with Crippen LogP contribution in [-0.4, -0.2) is 49.2 Å². The highest BCUT2D eigenvalue weighted by atomic mass is 32.1. The van der Waals surface area contributed by atoms with E-state index in [-0.39, 0.29) is 5.97 Å². The van der Waals surface area contributed by atoms with Gasteiger partial charge in [0.2, 0.25) is 0 Å². The topological polar surface area (TPSA) is 87.5 Å². The van der Waals surface area contributed by atoms with Gasteiger partial charge in [-0.1, -0.05) is 26.0 Å². The fourth-order valence-corrected chi connectivity index (χ4v) is 4.00. The van der Waals surface area contributed by atoms with Crippen molar-refractivity contribution >= 4 is 28.6 Å². The average molecular weight is 477 g/mol. The summed E-state index contributed by atoms with van der Waals surface area (Å²) in [4.78, 5) is 19.0. The first-order valence-electron chi connectivity index (χ1n) is 11.0. The number of hydrogen-bond acceptors (Lipinski definition) is 8. The molecule has 0 saturated carbocycles. The zero-order valence-corrected chi connectivity index (χ0v) is 20.4. The van der Waals surface area contributed by atoms with Gasteiger partial charge in [0.15, 0.2) is 0 Å². The van der Waals surface area contributed by atoms with Gasteiger partial charge in [-0.2, -0.15) is 5.26 Å². The monoisotopic (exact) mass is 476 g/mol. The minimum Gasteiger partial charge on any atom is -0.497 e. The number of carbonyl (C=O) groups excluding carboxylic acids is 1. The minimum absolute atomic E-state index is 0.347. The lowest BCUT2D eigenvalue weighted by Gasteiger charge is -2.17. The number of nitrogens with zero attached hydrogens (tertiary/aromatic N) is 3. The Hall–Kier alpha value is -3.67. The third-order valence-corrected chi connectivity index (χ3v) is 6.13. The summed E-state index contributed by atoms with van der Waals surface area (Å²) in [6, 6.07) is 16.8. The second-order valence-corrected chi connectivity index (χ2v) is 8.18. The highest BCUT2D eigenvalue weighted by Crippen LogP contribution is 2.28. The molecule has 3 rings (SSSR count). The van der Waals surface area contributed by atoms with Gasteiger partial charge in [-0.05, 0) is 49.5 Å². The number of likely N-dealkylation sites (N-methyl/N-ethyl adjacent to an activating group) is 1. The van der Waals surface area contributed by atoms with Gasteiger partial charge in [-0.25, -0.2) is 9.78 Å². The summed E-state index contributed by atoms with van der Waals surface area (Å²) in [5.74, 6) is 0.404. The number of carbonyl (C=O) groups is 1. The Balaban J connectivity index is 1.61. The van der Waals surface area contributed by atoms with Gasteiger partial charge >= 0.3 is 5.97 Å². The van der Waals surface area contributed by atoms with Crippen molar-refractivity contribution in [2.45, 2.75) is 13.8 Å². The van der Waals surface area contributed by atoms with E-state index < -0.39 is 0 Å². The van der Waals surface area contributed by atoms with E-state index in [2.05, 4.69) is 35.1 Å². The molecule has 0 fully saturated rings. The maximum absolute atomic E-state index is 12.2. The van der Waals surface area contributed by atoms with Gasteiger partial charge in [0.25, 0.3) is 0 Å². The molecule has 1 heterocycles. The Morgan fingerprint density at radius 2 is 1.97 bits per heavy atom. The summed E-state index contributed by atoms with van der Waals surface area (Å²) in [5, 5.41) is 15.2. The quantitative estimate of drug-likeness (QED) is 0.297. The number of anilines is 1. The third-order valence-electron chi connectivity index (χ3n) is 5.26. The van der Waals surface area contributed by atoms with E-state index in [0.717, 1.165) is 42.3 Å². The lowest BCUT2D eigenvalue weighted by molar-refractivity contribution is 0.0466. The van der Waals surface area contributed by atoms with Gasteiger partial charge in [0, 0.05) is 29.4 Å². The summed E-state index contributed by atoms with van der Waals surface area (Å²) in [6.07, 6.45) is 1.62. The van der Waals surface area contributed by atoms with Crippen LogP contribution in [0.15, 0.2) is 60.1 Å². The highest BCUT2D eigenvalue weighted by molar-refractivity contribution is 7.11. The number of allylic oxidation sites excluding steroid dienone is 1. The standard InChI is InChI=1S/C26H28N4O3S/c1-4-30(5-2)13-14-33-26(31)19-9-11-22(12-10-19)28-17-21(16-27)25-29-24(18-34-25)20-7-6-8-23(15-20)32-3/h6-12,15,17-18,28H,4-5,13-14H2,1-3H3. The number of aromatic nitrogens is 1. The molecule has 1 aromatic heterocycles. The molecular formula is C26H28N4O3S. The van der Waals surface area contributed by atoms with Crippen LogP contribution in [0.4, 0.5) is 5.69 Å². The van der Waals surface area contributed by atoms with Crippen LogP contribution in [0.5, 0.6) is 5.75 Å². The Morgan fingerprint density at radius 3 is 2.65 bits per heavy atom. The molecule has 0 bridgehead atoms. The number of nitrogens with one attached hydrogen (secondary N) is 1. The Bertz CT molecular complexity index is 1160. The van der Waals surface area contributed by atoms with Crippen LogP contribution in [0.2, 0.25) is 0 Å².